The number of nitrogens with one attached hydrogen (secondary N) is 2. The lowest BCUT2D eigenvalue weighted by atomic mass is 10.3. The lowest BCUT2D eigenvalue weighted by Crippen LogP contribution is -2.12. The summed E-state index contributed by atoms with van der Waals surface area (Å²) in [4.78, 5) is 0.258. The molecule has 0 radical (unpaired) electrons. The molecule has 0 bridgehead atoms. The topological polar surface area (TPSA) is 58.2 Å². The van der Waals surface area contributed by atoms with Gasteiger partial charge in [-0.2, -0.15) is 0 Å². The number of rotatable bonds is 6. The van der Waals surface area contributed by atoms with Crippen LogP contribution in [-0.4, -0.2) is 15.0 Å². The van der Waals surface area contributed by atoms with Crippen molar-refractivity contribution in [1.82, 2.24) is 0 Å². The predicted molar refractivity (Wildman–Crippen MR) is 82.5 cm³/mol. The molecule has 0 fully saturated rings. The summed E-state index contributed by atoms with van der Waals surface area (Å²) in [7, 11) is -3.51. The van der Waals surface area contributed by atoms with Crippen LogP contribution in [-0.2, 0) is 10.0 Å². The zero-order valence-corrected chi connectivity index (χ0v) is 12.2. The molecule has 0 aliphatic heterocycles. The molecule has 0 saturated carbocycles. The maximum atomic E-state index is 12.1. The lowest BCUT2D eigenvalue weighted by molar-refractivity contribution is 0.601. The maximum Gasteiger partial charge on any atom is 0.261 e. The van der Waals surface area contributed by atoms with Crippen LogP contribution >= 0.6 is 0 Å². The molecule has 0 aliphatic carbocycles. The number of hydrogen-bond acceptors (Lipinski definition) is 3. The molecule has 0 aromatic heterocycles. The average molecular weight is 290 g/mol. The fraction of sp³-hybridized carbons (Fsp3) is 0.200. The summed E-state index contributed by atoms with van der Waals surface area (Å²) in [6, 6.07) is 15.5. The van der Waals surface area contributed by atoms with Crippen molar-refractivity contribution in [1.29, 1.82) is 0 Å². The molecule has 0 saturated heterocycles. The van der Waals surface area contributed by atoms with Crippen LogP contribution in [0.4, 0.5) is 11.4 Å². The molecule has 2 rings (SSSR count). The van der Waals surface area contributed by atoms with Crippen LogP contribution in [0.2, 0.25) is 0 Å². The van der Waals surface area contributed by atoms with Gasteiger partial charge in [0.2, 0.25) is 0 Å². The second kappa shape index (κ2) is 6.43. The summed E-state index contributed by atoms with van der Waals surface area (Å²) >= 11 is 0. The van der Waals surface area contributed by atoms with Crippen LogP contribution in [0.25, 0.3) is 0 Å². The average Bonchev–Trinajstić information content (AvgIpc) is 2.47. The Bertz CT molecular complexity index is 637. The van der Waals surface area contributed by atoms with Crippen molar-refractivity contribution in [3.63, 3.8) is 0 Å². The van der Waals surface area contributed by atoms with Gasteiger partial charge in [-0.1, -0.05) is 25.1 Å². The molecule has 0 heterocycles. The summed E-state index contributed by atoms with van der Waals surface area (Å²) in [6.07, 6.45) is 1.04. The highest BCUT2D eigenvalue weighted by molar-refractivity contribution is 7.92. The first-order valence-corrected chi connectivity index (χ1v) is 8.02. The Morgan fingerprint density at radius 2 is 1.50 bits per heavy atom. The molecular formula is C15H18N2O2S. The van der Waals surface area contributed by atoms with Crippen molar-refractivity contribution in [2.45, 2.75) is 18.2 Å². The van der Waals surface area contributed by atoms with E-state index in [0.717, 1.165) is 18.7 Å². The molecule has 2 aromatic rings. The van der Waals surface area contributed by atoms with Crippen molar-refractivity contribution in [3.05, 3.63) is 54.6 Å². The summed E-state index contributed by atoms with van der Waals surface area (Å²) in [6.45, 7) is 2.99. The molecule has 106 valence electrons. The monoisotopic (exact) mass is 290 g/mol. The molecule has 2 N–H and O–H groups in total. The van der Waals surface area contributed by atoms with E-state index in [-0.39, 0.29) is 4.90 Å². The van der Waals surface area contributed by atoms with Crippen molar-refractivity contribution in [2.24, 2.45) is 0 Å². The fourth-order valence-corrected chi connectivity index (χ4v) is 2.82. The van der Waals surface area contributed by atoms with Gasteiger partial charge in [0.15, 0.2) is 0 Å². The van der Waals surface area contributed by atoms with Gasteiger partial charge in [0.05, 0.1) is 4.90 Å². The third kappa shape index (κ3) is 3.74. The molecule has 0 spiro atoms. The summed E-state index contributed by atoms with van der Waals surface area (Å²) in [5, 5.41) is 3.24. The fourth-order valence-electron chi connectivity index (χ4n) is 1.74. The van der Waals surface area contributed by atoms with Crippen LogP contribution in [0.5, 0.6) is 0 Å². The van der Waals surface area contributed by atoms with E-state index >= 15 is 0 Å². The van der Waals surface area contributed by atoms with Gasteiger partial charge in [-0.15, -0.1) is 0 Å². The number of sulfonamides is 1. The quantitative estimate of drug-likeness (QED) is 0.858. The highest BCUT2D eigenvalue weighted by Crippen LogP contribution is 2.18. The smallest absolute Gasteiger partial charge is 0.261 e. The van der Waals surface area contributed by atoms with Gasteiger partial charge < -0.3 is 5.32 Å². The molecule has 4 nitrogen and oxygen atoms in total. The van der Waals surface area contributed by atoms with E-state index in [1.54, 1.807) is 42.5 Å². The van der Waals surface area contributed by atoms with Crippen molar-refractivity contribution < 1.29 is 8.42 Å². The zero-order valence-electron chi connectivity index (χ0n) is 11.3. The Balaban J connectivity index is 2.10. The van der Waals surface area contributed by atoms with Crippen molar-refractivity contribution in [2.75, 3.05) is 16.6 Å². The first-order valence-electron chi connectivity index (χ1n) is 6.53. The Morgan fingerprint density at radius 1 is 0.900 bits per heavy atom. The molecule has 0 atom stereocenters. The maximum absolute atomic E-state index is 12.1. The minimum absolute atomic E-state index is 0.258. The molecule has 2 aromatic carbocycles. The van der Waals surface area contributed by atoms with Gasteiger partial charge in [-0.3, -0.25) is 4.72 Å². The van der Waals surface area contributed by atoms with E-state index in [1.165, 1.54) is 0 Å². The van der Waals surface area contributed by atoms with Gasteiger partial charge in [0, 0.05) is 17.9 Å². The third-order valence-electron chi connectivity index (χ3n) is 2.77. The first-order chi connectivity index (χ1) is 9.62. The Hall–Kier alpha value is -2.01. The number of hydrogen-bond donors (Lipinski definition) is 2. The van der Waals surface area contributed by atoms with Crippen molar-refractivity contribution in [3.8, 4) is 0 Å². The molecule has 20 heavy (non-hydrogen) atoms. The highest BCUT2D eigenvalue weighted by Gasteiger charge is 2.12. The minimum Gasteiger partial charge on any atom is -0.385 e. The normalized spacial score (nSPS) is 11.1. The molecule has 0 amide bonds. The Labute approximate surface area is 119 Å². The first kappa shape index (κ1) is 14.4. The second-order valence-corrected chi connectivity index (χ2v) is 6.11. The van der Waals surface area contributed by atoms with E-state index < -0.39 is 10.0 Å². The zero-order chi connectivity index (χ0) is 14.4. The van der Waals surface area contributed by atoms with Gasteiger partial charge in [0.1, 0.15) is 0 Å². The molecule has 5 heteroatoms. The summed E-state index contributed by atoms with van der Waals surface area (Å²) < 4.78 is 26.8. The summed E-state index contributed by atoms with van der Waals surface area (Å²) in [5.74, 6) is 0. The van der Waals surface area contributed by atoms with Crippen LogP contribution < -0.4 is 10.0 Å². The lowest BCUT2D eigenvalue weighted by Gasteiger charge is -2.09. The molecule has 0 unspecified atom stereocenters. The third-order valence-corrected chi connectivity index (χ3v) is 4.17. The van der Waals surface area contributed by atoms with E-state index in [0.29, 0.717) is 5.69 Å². The largest absolute Gasteiger partial charge is 0.385 e. The second-order valence-electron chi connectivity index (χ2n) is 4.42. The number of anilines is 2. The molecular weight excluding hydrogens is 272 g/mol. The van der Waals surface area contributed by atoms with Crippen LogP contribution in [0.3, 0.4) is 0 Å². The van der Waals surface area contributed by atoms with Gasteiger partial charge in [0.25, 0.3) is 10.0 Å². The van der Waals surface area contributed by atoms with Crippen LogP contribution in [0, 0.1) is 0 Å². The number of benzene rings is 2. The van der Waals surface area contributed by atoms with Gasteiger partial charge >= 0.3 is 0 Å². The summed E-state index contributed by atoms with van der Waals surface area (Å²) in [5.41, 5.74) is 1.53. The van der Waals surface area contributed by atoms with E-state index in [4.69, 9.17) is 0 Å². The Kier molecular flexibility index (Phi) is 4.63. The minimum atomic E-state index is -3.51. The van der Waals surface area contributed by atoms with Crippen LogP contribution in [0.1, 0.15) is 13.3 Å². The standard InChI is InChI=1S/C15H18N2O2S/c1-2-12-16-13-8-10-14(11-9-13)17-20(18,19)15-6-4-3-5-7-15/h3-11,16-17H,2,12H2,1H3. The van der Waals surface area contributed by atoms with Crippen molar-refractivity contribution >= 4 is 21.4 Å². The Morgan fingerprint density at radius 3 is 2.10 bits per heavy atom. The molecule has 0 aliphatic rings. The van der Waals surface area contributed by atoms with E-state index in [1.807, 2.05) is 12.1 Å². The SMILES string of the molecule is CCCNc1ccc(NS(=O)(=O)c2ccccc2)cc1. The predicted octanol–water partition coefficient (Wildman–Crippen LogP) is 3.31. The van der Waals surface area contributed by atoms with E-state index in [2.05, 4.69) is 17.0 Å². The highest BCUT2D eigenvalue weighted by atomic mass is 32.2. The van der Waals surface area contributed by atoms with Crippen LogP contribution in [0.15, 0.2) is 59.5 Å². The van der Waals surface area contributed by atoms with Gasteiger partial charge in [-0.25, -0.2) is 8.42 Å². The van der Waals surface area contributed by atoms with E-state index in [9.17, 15) is 8.42 Å². The van der Waals surface area contributed by atoms with Gasteiger partial charge in [-0.05, 0) is 42.8 Å².